The van der Waals surface area contributed by atoms with Crippen LogP contribution in [0.4, 0.5) is 20.2 Å². The Morgan fingerprint density at radius 2 is 1.90 bits per heavy atom. The number of aliphatic hydroxyl groups is 1. The van der Waals surface area contributed by atoms with E-state index >= 15 is 0 Å². The normalized spacial score (nSPS) is 22.0. The quantitative estimate of drug-likeness (QED) is 0.818. The molecule has 0 saturated heterocycles. The predicted octanol–water partition coefficient (Wildman–Crippen LogP) is 3.44. The summed E-state index contributed by atoms with van der Waals surface area (Å²) in [7, 11) is -2.48. The zero-order chi connectivity index (χ0) is 21.4. The van der Waals surface area contributed by atoms with E-state index in [-0.39, 0.29) is 13.0 Å². The van der Waals surface area contributed by atoms with Crippen LogP contribution in [0.5, 0.6) is 0 Å². The lowest BCUT2D eigenvalue weighted by Crippen LogP contribution is -2.37. The van der Waals surface area contributed by atoms with Crippen LogP contribution in [0.3, 0.4) is 0 Å². The molecule has 1 aromatic heterocycles. The number of aromatic nitrogens is 1. The zero-order valence-corrected chi connectivity index (χ0v) is 17.5. The molecule has 9 heteroatoms. The first-order chi connectivity index (χ1) is 13.3. The van der Waals surface area contributed by atoms with Gasteiger partial charge in [0.25, 0.3) is 5.92 Å². The van der Waals surface area contributed by atoms with Crippen molar-refractivity contribution in [1.82, 2.24) is 4.98 Å². The first-order valence-electron chi connectivity index (χ1n) is 9.32. The Bertz CT molecular complexity index is 1100. The Morgan fingerprint density at radius 3 is 2.48 bits per heavy atom. The van der Waals surface area contributed by atoms with Crippen molar-refractivity contribution in [2.75, 3.05) is 22.2 Å². The van der Waals surface area contributed by atoms with Gasteiger partial charge in [-0.15, -0.1) is 0 Å². The molecule has 0 spiro atoms. The lowest BCUT2D eigenvalue weighted by molar-refractivity contribution is 0.0739. The van der Waals surface area contributed by atoms with Crippen molar-refractivity contribution in [1.29, 1.82) is 0 Å². The molecule has 2 aliphatic rings. The summed E-state index contributed by atoms with van der Waals surface area (Å²) >= 11 is 0. The second kappa shape index (κ2) is 6.12. The number of fused-ring (bicyclic) bond motifs is 1. The Morgan fingerprint density at radius 1 is 1.24 bits per heavy atom. The fourth-order valence-electron chi connectivity index (χ4n) is 3.55. The highest BCUT2D eigenvalue weighted by Crippen LogP contribution is 2.51. The van der Waals surface area contributed by atoms with E-state index in [9.17, 15) is 22.3 Å². The largest absolute Gasteiger partial charge is 0.384 e. The van der Waals surface area contributed by atoms with E-state index in [1.165, 1.54) is 7.05 Å². The minimum atomic E-state index is -3.90. The van der Waals surface area contributed by atoms with Gasteiger partial charge in [-0.1, -0.05) is 12.1 Å². The van der Waals surface area contributed by atoms with E-state index in [4.69, 9.17) is 0 Å². The maximum absolute atomic E-state index is 13.4. The maximum atomic E-state index is 13.4. The van der Waals surface area contributed by atoms with E-state index in [0.717, 1.165) is 14.2 Å². The van der Waals surface area contributed by atoms with Crippen LogP contribution in [-0.2, 0) is 15.8 Å². The highest BCUT2D eigenvalue weighted by molar-refractivity contribution is 7.94. The van der Waals surface area contributed by atoms with E-state index < -0.39 is 27.7 Å². The Labute approximate surface area is 169 Å². The molecule has 1 aromatic carbocycles. The summed E-state index contributed by atoms with van der Waals surface area (Å²) in [5.74, 6) is -3.75. The van der Waals surface area contributed by atoms with Crippen LogP contribution >= 0.6 is 0 Å². The van der Waals surface area contributed by atoms with Crippen LogP contribution in [0.15, 0.2) is 30.3 Å². The molecule has 1 saturated carbocycles. The van der Waals surface area contributed by atoms with Crippen molar-refractivity contribution in [3.05, 3.63) is 41.6 Å². The molecule has 1 N–H and O–H groups in total. The molecule has 6 nitrogen and oxygen atoms in total. The maximum Gasteiger partial charge on any atom is 0.326 e. The molecule has 0 radical (unpaired) electrons. The molecule has 2 aromatic rings. The van der Waals surface area contributed by atoms with Crippen LogP contribution in [0.1, 0.15) is 31.5 Å². The van der Waals surface area contributed by atoms with Gasteiger partial charge in [0.2, 0.25) is 0 Å². The van der Waals surface area contributed by atoms with Gasteiger partial charge in [0.1, 0.15) is 5.60 Å². The predicted molar refractivity (Wildman–Crippen MR) is 107 cm³/mol. The first kappa shape index (κ1) is 20.0. The Hall–Kier alpha value is -2.26. The van der Waals surface area contributed by atoms with Crippen LogP contribution in [0.2, 0.25) is 0 Å². The molecule has 1 fully saturated rings. The third kappa shape index (κ3) is 3.26. The highest BCUT2D eigenvalue weighted by Gasteiger charge is 2.59. The minimum Gasteiger partial charge on any atom is -0.384 e. The summed E-state index contributed by atoms with van der Waals surface area (Å²) in [6, 6.07) is 8.66. The van der Waals surface area contributed by atoms with Crippen molar-refractivity contribution in [3.63, 3.8) is 0 Å². The van der Waals surface area contributed by atoms with Gasteiger partial charge in [0.05, 0.1) is 22.8 Å². The van der Waals surface area contributed by atoms with Crippen molar-refractivity contribution in [3.8, 4) is 11.3 Å². The number of benzene rings is 1. The van der Waals surface area contributed by atoms with Crippen LogP contribution in [-0.4, -0.2) is 38.0 Å². The molecule has 0 bridgehead atoms. The third-order valence-corrected chi connectivity index (χ3v) is 7.34. The smallest absolute Gasteiger partial charge is 0.326 e. The summed E-state index contributed by atoms with van der Waals surface area (Å²) in [5.41, 5.74) is 2.37. The molecule has 1 aliphatic carbocycles. The van der Waals surface area contributed by atoms with Crippen molar-refractivity contribution < 1.29 is 22.3 Å². The molecule has 29 heavy (non-hydrogen) atoms. The first-order valence-corrected chi connectivity index (χ1v) is 10.7. The number of nitrogens with zero attached hydrogens (tertiary/aromatic N) is 3. The topological polar surface area (TPSA) is 73.7 Å². The van der Waals surface area contributed by atoms with E-state index in [2.05, 4.69) is 4.98 Å². The molecule has 1 atom stereocenters. The Balaban J connectivity index is 1.76. The second-order valence-electron chi connectivity index (χ2n) is 8.29. The van der Waals surface area contributed by atoms with Gasteiger partial charge in [-0.3, -0.25) is 8.61 Å². The molecule has 1 unspecified atom stereocenters. The van der Waals surface area contributed by atoms with Crippen LogP contribution < -0.4 is 8.61 Å². The summed E-state index contributed by atoms with van der Waals surface area (Å²) in [6.07, 6.45) is -0.289. The monoisotopic (exact) mass is 423 g/mol. The van der Waals surface area contributed by atoms with Gasteiger partial charge in [-0.25, -0.2) is 13.8 Å². The van der Waals surface area contributed by atoms with E-state index in [1.54, 1.807) is 38.1 Å². The van der Waals surface area contributed by atoms with Gasteiger partial charge in [0.15, 0.2) is 0 Å². The van der Waals surface area contributed by atoms with Gasteiger partial charge in [0, 0.05) is 31.5 Å². The SMILES string of the molecule is Cc1ccc(C(C)(C)O)nc1-c1ccc2c(c1)N(C)S(=O)(=O)N2CC1CC1(F)F. The summed E-state index contributed by atoms with van der Waals surface area (Å²) in [4.78, 5) is 4.57. The highest BCUT2D eigenvalue weighted by atomic mass is 32.2. The zero-order valence-electron chi connectivity index (χ0n) is 16.6. The molecular formula is C20H23F2N3O3S. The lowest BCUT2D eigenvalue weighted by atomic mass is 10.00. The molecular weight excluding hydrogens is 400 g/mol. The number of pyridine rings is 1. The number of halogens is 2. The molecule has 156 valence electrons. The molecule has 0 amide bonds. The number of hydrogen-bond donors (Lipinski definition) is 1. The fraction of sp³-hybridized carbons (Fsp3) is 0.450. The minimum absolute atomic E-state index is 0.239. The van der Waals surface area contributed by atoms with Gasteiger partial charge < -0.3 is 5.11 Å². The van der Waals surface area contributed by atoms with E-state index in [1.807, 2.05) is 13.0 Å². The lowest BCUT2D eigenvalue weighted by Gasteiger charge is -2.19. The van der Waals surface area contributed by atoms with Gasteiger partial charge >= 0.3 is 10.2 Å². The second-order valence-corrected chi connectivity index (χ2v) is 10.2. The number of anilines is 2. The average Bonchev–Trinajstić information content (AvgIpc) is 3.18. The third-order valence-electron chi connectivity index (χ3n) is 5.55. The molecule has 1 aliphatic heterocycles. The standard InChI is InChI=1S/C20H23F2N3O3S/c1-12-5-8-17(19(2,3)26)23-18(12)13-6-7-15-16(9-13)24(4)29(27,28)25(15)11-14-10-20(14,21)22/h5-9,14,26H,10-11H2,1-4H3. The van der Waals surface area contributed by atoms with Crippen molar-refractivity contribution in [2.24, 2.45) is 5.92 Å². The summed E-state index contributed by atoms with van der Waals surface area (Å²) in [6.45, 7) is 4.93. The Kier molecular flexibility index (Phi) is 4.23. The number of rotatable bonds is 4. The molecule has 4 rings (SSSR count). The summed E-state index contributed by atoms with van der Waals surface area (Å²) < 4.78 is 54.5. The summed E-state index contributed by atoms with van der Waals surface area (Å²) in [5, 5.41) is 10.3. The number of aryl methyl sites for hydroxylation is 1. The number of alkyl halides is 2. The number of hydrogen-bond acceptors (Lipinski definition) is 4. The van der Waals surface area contributed by atoms with Gasteiger partial charge in [-0.2, -0.15) is 8.42 Å². The fourth-order valence-corrected chi connectivity index (χ4v) is 5.01. The van der Waals surface area contributed by atoms with E-state index in [0.29, 0.717) is 28.3 Å². The van der Waals surface area contributed by atoms with Crippen LogP contribution in [0.25, 0.3) is 11.3 Å². The van der Waals surface area contributed by atoms with Crippen LogP contribution in [0, 0.1) is 12.8 Å². The van der Waals surface area contributed by atoms with Crippen molar-refractivity contribution in [2.45, 2.75) is 38.7 Å². The van der Waals surface area contributed by atoms with Crippen molar-refractivity contribution >= 4 is 21.6 Å². The molecule has 2 heterocycles. The average molecular weight is 423 g/mol. The van der Waals surface area contributed by atoms with Gasteiger partial charge in [-0.05, 0) is 44.5 Å².